The first-order chi connectivity index (χ1) is 7.24. The molecular weight excluding hydrogens is 204 g/mol. The van der Waals surface area contributed by atoms with Crippen LogP contribution in [0.3, 0.4) is 0 Å². The molecule has 1 aliphatic carbocycles. The second-order valence-electron chi connectivity index (χ2n) is 5.06. The Bertz CT molecular complexity index is 242. The van der Waals surface area contributed by atoms with Crippen molar-refractivity contribution in [3.8, 4) is 0 Å². The van der Waals surface area contributed by atoms with Gasteiger partial charge in [0.2, 0.25) is 0 Å². The van der Waals surface area contributed by atoms with Crippen molar-refractivity contribution < 1.29 is 0 Å². The van der Waals surface area contributed by atoms with Crippen molar-refractivity contribution in [1.29, 1.82) is 0 Å². The number of amidine groups is 1. The number of hydrogen-bond donors (Lipinski definition) is 1. The Morgan fingerprint density at radius 2 is 2.20 bits per heavy atom. The van der Waals surface area contributed by atoms with Crippen molar-refractivity contribution in [2.24, 2.45) is 10.9 Å². The molecule has 1 heterocycles. The minimum atomic E-state index is 0.406. The van der Waals surface area contributed by atoms with Crippen LogP contribution in [-0.4, -0.2) is 23.0 Å². The average Bonchev–Trinajstić information content (AvgIpc) is 2.64. The second kappa shape index (κ2) is 4.77. The Labute approximate surface area is 97.3 Å². The minimum Gasteiger partial charge on any atom is -0.359 e. The van der Waals surface area contributed by atoms with Crippen molar-refractivity contribution in [2.45, 2.75) is 51.5 Å². The van der Waals surface area contributed by atoms with Gasteiger partial charge in [-0.3, -0.25) is 4.99 Å². The predicted molar refractivity (Wildman–Crippen MR) is 68.5 cm³/mol. The van der Waals surface area contributed by atoms with Gasteiger partial charge < -0.3 is 5.32 Å². The van der Waals surface area contributed by atoms with E-state index in [4.69, 9.17) is 0 Å². The zero-order chi connectivity index (χ0) is 10.7. The van der Waals surface area contributed by atoms with Crippen molar-refractivity contribution in [2.75, 3.05) is 12.3 Å². The van der Waals surface area contributed by atoms with Crippen LogP contribution >= 0.6 is 11.8 Å². The highest BCUT2D eigenvalue weighted by Gasteiger charge is 2.39. The molecule has 3 heteroatoms. The largest absolute Gasteiger partial charge is 0.359 e. The van der Waals surface area contributed by atoms with Crippen molar-refractivity contribution in [1.82, 2.24) is 5.32 Å². The molecule has 0 aromatic heterocycles. The summed E-state index contributed by atoms with van der Waals surface area (Å²) in [4.78, 5) is 4.58. The van der Waals surface area contributed by atoms with E-state index in [0.29, 0.717) is 5.54 Å². The molecule has 0 amide bonds. The van der Waals surface area contributed by atoms with Crippen LogP contribution in [0.25, 0.3) is 0 Å². The molecule has 1 N–H and O–H groups in total. The normalized spacial score (nSPS) is 38.5. The molecule has 15 heavy (non-hydrogen) atoms. The van der Waals surface area contributed by atoms with Crippen LogP contribution in [0.2, 0.25) is 0 Å². The van der Waals surface area contributed by atoms with E-state index in [1.807, 2.05) is 11.8 Å². The molecule has 1 aliphatic heterocycles. The topological polar surface area (TPSA) is 24.4 Å². The number of thioether (sulfide) groups is 1. The first-order valence-corrected chi connectivity index (χ1v) is 7.18. The fraction of sp³-hybridized carbons (Fsp3) is 0.917. The molecular formula is C12H22N2S. The third-order valence-electron chi connectivity index (χ3n) is 3.57. The molecule has 1 spiro atoms. The van der Waals surface area contributed by atoms with E-state index in [2.05, 4.69) is 24.2 Å². The lowest BCUT2D eigenvalue weighted by atomic mass is 9.78. The molecule has 2 nitrogen and oxygen atoms in total. The summed E-state index contributed by atoms with van der Waals surface area (Å²) in [5, 5.41) is 4.88. The molecule has 1 saturated heterocycles. The quantitative estimate of drug-likeness (QED) is 0.782. The van der Waals surface area contributed by atoms with Gasteiger partial charge in [0.1, 0.15) is 0 Å². The molecule has 2 rings (SSSR count). The van der Waals surface area contributed by atoms with Crippen LogP contribution in [-0.2, 0) is 0 Å². The average molecular weight is 226 g/mol. The van der Waals surface area contributed by atoms with E-state index in [-0.39, 0.29) is 0 Å². The summed E-state index contributed by atoms with van der Waals surface area (Å²) in [6.45, 7) is 5.53. The van der Waals surface area contributed by atoms with Crippen LogP contribution in [0, 0.1) is 5.92 Å². The smallest absolute Gasteiger partial charge is 0.157 e. The lowest BCUT2D eigenvalue weighted by Gasteiger charge is -2.35. The van der Waals surface area contributed by atoms with Crippen LogP contribution in [0.5, 0.6) is 0 Å². The zero-order valence-electron chi connectivity index (χ0n) is 9.88. The van der Waals surface area contributed by atoms with E-state index < -0.39 is 0 Å². The maximum atomic E-state index is 4.58. The van der Waals surface area contributed by atoms with Crippen LogP contribution in [0.4, 0.5) is 0 Å². The van der Waals surface area contributed by atoms with E-state index >= 15 is 0 Å². The summed E-state index contributed by atoms with van der Waals surface area (Å²) in [6.07, 6.45) is 6.59. The molecule has 0 unspecified atom stereocenters. The Hall–Kier alpha value is -0.180. The number of nitrogens with zero attached hydrogens (tertiary/aromatic N) is 1. The van der Waals surface area contributed by atoms with E-state index in [1.165, 1.54) is 36.6 Å². The summed E-state index contributed by atoms with van der Waals surface area (Å²) in [7, 11) is 0. The zero-order valence-corrected chi connectivity index (χ0v) is 10.7. The van der Waals surface area contributed by atoms with Gasteiger partial charge in [-0.05, 0) is 38.0 Å². The molecule has 0 atom stereocenters. The third-order valence-corrected chi connectivity index (χ3v) is 4.77. The summed E-state index contributed by atoms with van der Waals surface area (Å²) in [5.74, 6) is 2.17. The van der Waals surface area contributed by atoms with Gasteiger partial charge in [0.15, 0.2) is 5.17 Å². The second-order valence-corrected chi connectivity index (χ2v) is 6.03. The van der Waals surface area contributed by atoms with E-state index in [0.717, 1.165) is 18.9 Å². The van der Waals surface area contributed by atoms with Crippen molar-refractivity contribution in [3.05, 3.63) is 0 Å². The molecule has 1 saturated carbocycles. The fourth-order valence-electron chi connectivity index (χ4n) is 2.39. The standard InChI is InChI=1S/C12H22N2S/c1-3-8-13-11-14-12(9-15-11)6-4-10(2)5-7-12/h10H,3-9H2,1-2H3,(H,13,14). The maximum absolute atomic E-state index is 4.58. The molecule has 0 aromatic rings. The van der Waals surface area contributed by atoms with Gasteiger partial charge in [-0.2, -0.15) is 0 Å². The van der Waals surface area contributed by atoms with Crippen molar-refractivity contribution >= 4 is 16.9 Å². The van der Waals surface area contributed by atoms with Crippen LogP contribution < -0.4 is 5.32 Å². The lowest BCUT2D eigenvalue weighted by Crippen LogP contribution is -2.46. The van der Waals surface area contributed by atoms with E-state index in [1.54, 1.807) is 0 Å². The minimum absolute atomic E-state index is 0.406. The summed E-state index contributed by atoms with van der Waals surface area (Å²) < 4.78 is 0. The van der Waals surface area contributed by atoms with Gasteiger partial charge in [-0.15, -0.1) is 0 Å². The summed E-state index contributed by atoms with van der Waals surface area (Å²) in [6, 6.07) is 0. The third kappa shape index (κ3) is 2.68. The Morgan fingerprint density at radius 3 is 2.87 bits per heavy atom. The molecule has 2 fully saturated rings. The van der Waals surface area contributed by atoms with Gasteiger partial charge in [0.05, 0.1) is 0 Å². The Kier molecular flexibility index (Phi) is 3.60. The van der Waals surface area contributed by atoms with Gasteiger partial charge in [-0.1, -0.05) is 25.6 Å². The molecule has 0 aromatic carbocycles. The monoisotopic (exact) mass is 226 g/mol. The molecule has 0 radical (unpaired) electrons. The molecule has 2 aliphatic rings. The van der Waals surface area contributed by atoms with Gasteiger partial charge in [-0.25, -0.2) is 0 Å². The number of rotatable bonds is 2. The number of aliphatic imine (C=N–C) groups is 1. The first-order valence-electron chi connectivity index (χ1n) is 6.19. The Balaban J connectivity index is 1.91. The van der Waals surface area contributed by atoms with E-state index in [9.17, 15) is 0 Å². The summed E-state index contributed by atoms with van der Waals surface area (Å²) >= 11 is 1.93. The number of hydrogen-bond acceptors (Lipinski definition) is 2. The highest BCUT2D eigenvalue weighted by molar-refractivity contribution is 8.14. The fourth-order valence-corrected chi connectivity index (χ4v) is 3.63. The number of nitrogens with one attached hydrogen (secondary N) is 1. The highest BCUT2D eigenvalue weighted by Crippen LogP contribution is 2.38. The lowest BCUT2D eigenvalue weighted by molar-refractivity contribution is 0.251. The first kappa shape index (κ1) is 11.3. The molecule has 0 bridgehead atoms. The summed E-state index contributed by atoms with van der Waals surface area (Å²) in [5.41, 5.74) is 0.406. The van der Waals surface area contributed by atoms with Gasteiger partial charge >= 0.3 is 0 Å². The van der Waals surface area contributed by atoms with Crippen LogP contribution in [0.15, 0.2) is 4.99 Å². The predicted octanol–water partition coefficient (Wildman–Crippen LogP) is 3.04. The highest BCUT2D eigenvalue weighted by atomic mass is 32.2. The maximum Gasteiger partial charge on any atom is 0.157 e. The SMILES string of the molecule is CCCN=C1NC2(CCC(C)CC2)CS1. The van der Waals surface area contributed by atoms with Gasteiger partial charge in [0.25, 0.3) is 0 Å². The van der Waals surface area contributed by atoms with Crippen LogP contribution in [0.1, 0.15) is 46.0 Å². The Morgan fingerprint density at radius 1 is 1.47 bits per heavy atom. The van der Waals surface area contributed by atoms with Crippen molar-refractivity contribution in [3.63, 3.8) is 0 Å². The molecule has 86 valence electrons. The van der Waals surface area contributed by atoms with Gasteiger partial charge in [0, 0.05) is 17.8 Å².